The van der Waals surface area contributed by atoms with Gasteiger partial charge < -0.3 is 34.6 Å². The van der Waals surface area contributed by atoms with Gasteiger partial charge in [-0.25, -0.2) is 4.79 Å². The molecular weight excluding hydrogens is 690 g/mol. The van der Waals surface area contributed by atoms with Crippen LogP contribution in [-0.2, 0) is 44.6 Å². The summed E-state index contributed by atoms with van der Waals surface area (Å²) < 4.78 is 16.9. The van der Waals surface area contributed by atoms with E-state index in [1.165, 1.54) is 21.3 Å². The number of rotatable bonds is 21. The Kier molecular flexibility index (Phi) is 19.2. The van der Waals surface area contributed by atoms with Crippen molar-refractivity contribution in [1.29, 1.82) is 0 Å². The molecular formula is C41H65N5O8. The highest BCUT2D eigenvalue weighted by atomic mass is 16.5. The molecule has 2 rings (SSSR count). The average molecular weight is 756 g/mol. The quantitative estimate of drug-likeness (QED) is 0.143. The van der Waals surface area contributed by atoms with E-state index in [0.717, 1.165) is 5.56 Å². The van der Waals surface area contributed by atoms with Crippen molar-refractivity contribution >= 4 is 29.6 Å². The first kappa shape index (κ1) is 46.2. The summed E-state index contributed by atoms with van der Waals surface area (Å²) in [6.07, 6.45) is 6.59. The van der Waals surface area contributed by atoms with Gasteiger partial charge in [0.25, 0.3) is 0 Å². The monoisotopic (exact) mass is 755 g/mol. The number of nitrogens with one attached hydrogen (secondary N) is 2. The van der Waals surface area contributed by atoms with Gasteiger partial charge in [-0.3, -0.25) is 24.1 Å². The van der Waals surface area contributed by atoms with E-state index in [1.54, 1.807) is 23.8 Å². The van der Waals surface area contributed by atoms with E-state index >= 15 is 0 Å². The number of benzene rings is 1. The van der Waals surface area contributed by atoms with E-state index in [1.807, 2.05) is 77.0 Å². The van der Waals surface area contributed by atoms with Crippen molar-refractivity contribution in [3.8, 4) is 12.3 Å². The molecule has 0 aliphatic carbocycles. The van der Waals surface area contributed by atoms with Gasteiger partial charge >= 0.3 is 5.97 Å². The molecule has 2 N–H and O–H groups in total. The highest BCUT2D eigenvalue weighted by Gasteiger charge is 2.43. The Hall–Kier alpha value is -3.99. The number of hydrogen-bond donors (Lipinski definition) is 2. The number of nitrogens with zero attached hydrogens (tertiary/aromatic N) is 3. The number of carbonyl (C=O) groups is 5. The van der Waals surface area contributed by atoms with Gasteiger partial charge in [0, 0.05) is 40.7 Å². The Balaban J connectivity index is 2.28. The van der Waals surface area contributed by atoms with Crippen molar-refractivity contribution < 1.29 is 38.2 Å². The van der Waals surface area contributed by atoms with Crippen LogP contribution in [0.15, 0.2) is 30.3 Å². The van der Waals surface area contributed by atoms with Gasteiger partial charge in [0.05, 0.1) is 49.8 Å². The number of terminal acetylenes is 1. The minimum Gasteiger partial charge on any atom is -0.467 e. The third-order valence-electron chi connectivity index (χ3n) is 10.7. The predicted octanol–water partition coefficient (Wildman–Crippen LogP) is 2.90. The Labute approximate surface area is 323 Å². The van der Waals surface area contributed by atoms with Crippen LogP contribution < -0.4 is 10.6 Å². The van der Waals surface area contributed by atoms with Gasteiger partial charge in [-0.15, -0.1) is 12.3 Å². The molecule has 13 nitrogen and oxygen atoms in total. The minimum atomic E-state index is -0.960. The molecule has 0 unspecified atom stereocenters. The molecule has 1 aliphatic rings. The van der Waals surface area contributed by atoms with Gasteiger partial charge in [0.1, 0.15) is 12.1 Å². The number of methoxy groups -OCH3 is 3. The van der Waals surface area contributed by atoms with Crippen LogP contribution in [0.5, 0.6) is 0 Å². The van der Waals surface area contributed by atoms with E-state index < -0.39 is 60.2 Å². The van der Waals surface area contributed by atoms with Crippen molar-refractivity contribution in [3.63, 3.8) is 0 Å². The normalized spacial score (nSPS) is 18.7. The predicted molar refractivity (Wildman–Crippen MR) is 208 cm³/mol. The zero-order valence-corrected chi connectivity index (χ0v) is 34.3. The molecule has 0 radical (unpaired) electrons. The largest absolute Gasteiger partial charge is 0.467 e. The first-order valence-corrected chi connectivity index (χ1v) is 19.0. The van der Waals surface area contributed by atoms with Crippen LogP contribution in [-0.4, -0.2) is 136 Å². The van der Waals surface area contributed by atoms with Crippen molar-refractivity contribution in [2.75, 3.05) is 49.0 Å². The van der Waals surface area contributed by atoms with Crippen LogP contribution in [0.1, 0.15) is 72.3 Å². The lowest BCUT2D eigenvalue weighted by atomic mass is 9.89. The molecule has 0 saturated carbocycles. The molecule has 13 heteroatoms. The highest BCUT2D eigenvalue weighted by molar-refractivity contribution is 5.90. The number of carbonyl (C=O) groups excluding carboxylic acids is 5. The second-order valence-electron chi connectivity index (χ2n) is 15.0. The fourth-order valence-corrected chi connectivity index (χ4v) is 7.75. The van der Waals surface area contributed by atoms with Crippen LogP contribution in [0.2, 0.25) is 0 Å². The number of likely N-dealkylation sites (N-methyl/N-ethyl adjacent to an activating group) is 2. The molecule has 0 spiro atoms. The van der Waals surface area contributed by atoms with Gasteiger partial charge in [0.2, 0.25) is 23.6 Å². The number of hydrogen-bond acceptors (Lipinski definition) is 9. The maximum atomic E-state index is 14.2. The smallest absolute Gasteiger partial charge is 0.328 e. The first-order chi connectivity index (χ1) is 25.6. The zero-order valence-electron chi connectivity index (χ0n) is 34.3. The Morgan fingerprint density at radius 2 is 1.57 bits per heavy atom. The SMILES string of the molecule is C#CC[C@H](NC(=O)[C@H](C(C)C)N(C)C)C(=O)N(C)[C@@H]([C@@H](C)CC)[C@@H](CC(=O)N1CCC[C@H]1[C@H](OC)[C@@H](C)C(=O)N[C@@H](Cc1ccccc1)C(=O)OC)OC. The molecule has 1 fully saturated rings. The van der Waals surface area contributed by atoms with Crippen LogP contribution >= 0.6 is 0 Å². The minimum absolute atomic E-state index is 0.00281. The highest BCUT2D eigenvalue weighted by Crippen LogP contribution is 2.29. The van der Waals surface area contributed by atoms with Crippen LogP contribution in [0.25, 0.3) is 0 Å². The number of amides is 4. The Morgan fingerprint density at radius 1 is 0.944 bits per heavy atom. The second kappa shape index (κ2) is 22.4. The van der Waals surface area contributed by atoms with Gasteiger partial charge in [-0.05, 0) is 44.3 Å². The summed E-state index contributed by atoms with van der Waals surface area (Å²) in [5, 5.41) is 5.74. The molecule has 0 bridgehead atoms. The van der Waals surface area contributed by atoms with Crippen molar-refractivity contribution in [2.24, 2.45) is 17.8 Å². The van der Waals surface area contributed by atoms with E-state index in [-0.39, 0.29) is 48.8 Å². The molecule has 4 amide bonds. The van der Waals surface area contributed by atoms with Crippen LogP contribution in [0, 0.1) is 30.1 Å². The van der Waals surface area contributed by atoms with E-state index in [2.05, 4.69) is 16.6 Å². The van der Waals surface area contributed by atoms with E-state index in [9.17, 15) is 24.0 Å². The Bertz CT molecular complexity index is 1410. The fraction of sp³-hybridized carbons (Fsp3) is 0.683. The molecule has 54 heavy (non-hydrogen) atoms. The van der Waals surface area contributed by atoms with Gasteiger partial charge in [-0.2, -0.15) is 0 Å². The molecule has 1 aromatic rings. The lowest BCUT2D eigenvalue weighted by Gasteiger charge is -2.40. The maximum Gasteiger partial charge on any atom is 0.328 e. The third kappa shape index (κ3) is 12.3. The first-order valence-electron chi connectivity index (χ1n) is 19.0. The van der Waals surface area contributed by atoms with Crippen LogP contribution in [0.3, 0.4) is 0 Å². The van der Waals surface area contributed by atoms with E-state index in [0.29, 0.717) is 25.8 Å². The summed E-state index contributed by atoms with van der Waals surface area (Å²) in [7, 11) is 9.62. The average Bonchev–Trinajstić information content (AvgIpc) is 3.63. The van der Waals surface area contributed by atoms with Crippen molar-refractivity contribution in [3.05, 3.63) is 35.9 Å². The van der Waals surface area contributed by atoms with Gasteiger partial charge in [0.15, 0.2) is 0 Å². The molecule has 1 saturated heterocycles. The summed E-state index contributed by atoms with van der Waals surface area (Å²) in [6.45, 7) is 10.1. The number of likely N-dealkylation sites (tertiary alicyclic amines) is 1. The lowest BCUT2D eigenvalue weighted by molar-refractivity contribution is -0.148. The van der Waals surface area contributed by atoms with Gasteiger partial charge in [-0.1, -0.05) is 71.4 Å². The Morgan fingerprint density at radius 3 is 2.09 bits per heavy atom. The molecule has 0 aromatic heterocycles. The molecule has 1 aliphatic heterocycles. The fourth-order valence-electron chi connectivity index (χ4n) is 7.75. The topological polar surface area (TPSA) is 147 Å². The molecule has 1 aromatic carbocycles. The second-order valence-corrected chi connectivity index (χ2v) is 15.0. The summed E-state index contributed by atoms with van der Waals surface area (Å²) in [6, 6.07) is 6.10. The molecule has 302 valence electrons. The zero-order chi connectivity index (χ0) is 40.7. The third-order valence-corrected chi connectivity index (χ3v) is 10.7. The lowest BCUT2D eigenvalue weighted by Crippen LogP contribution is -2.58. The number of ether oxygens (including phenoxy) is 3. The van der Waals surface area contributed by atoms with E-state index in [4.69, 9.17) is 20.6 Å². The number of esters is 1. The maximum absolute atomic E-state index is 14.2. The van der Waals surface area contributed by atoms with Crippen LogP contribution in [0.4, 0.5) is 0 Å². The summed E-state index contributed by atoms with van der Waals surface area (Å²) >= 11 is 0. The molecule has 1 heterocycles. The summed E-state index contributed by atoms with van der Waals surface area (Å²) in [5.41, 5.74) is 0.868. The summed E-state index contributed by atoms with van der Waals surface area (Å²) in [4.78, 5) is 73.0. The van der Waals surface area contributed by atoms with Crippen molar-refractivity contribution in [1.82, 2.24) is 25.3 Å². The van der Waals surface area contributed by atoms with Crippen molar-refractivity contribution in [2.45, 2.75) is 116 Å². The summed E-state index contributed by atoms with van der Waals surface area (Å²) in [5.74, 6) is -0.0438. The molecule has 9 atom stereocenters. The standard InChI is InChI=1S/C41H65N5O8/c1-13-19-30(42-39(49)35(26(3)4)44(7)8)40(50)45(9)36(27(5)14-2)33(52-10)25-34(47)46-23-18-22-32(46)37(53-11)28(6)38(48)43-31(41(51)54-12)24-29-20-16-15-17-21-29/h1,15-17,20-21,26-28,30-33,35-37H,14,18-19,22-25H2,2-12H3,(H,42,49)(H,43,48)/t27-,28+,30-,31-,32-,33+,35-,36-,37+/m0/s1.